The predicted octanol–water partition coefficient (Wildman–Crippen LogP) is 1.19. The summed E-state index contributed by atoms with van der Waals surface area (Å²) in [6.45, 7) is 3.41. The number of benzene rings is 1. The highest BCUT2D eigenvalue weighted by Crippen LogP contribution is 2.31. The molecule has 1 aromatic carbocycles. The molecule has 1 atom stereocenters. The molecule has 0 aliphatic rings. The molecule has 1 aromatic rings. The standard InChI is InChI=1S/C15H21NO5/c1-15(2,10-7-5-6-8-11(10)20-3)14(19)16-9-12(21-4)13(17)18/h5-8,12H,9H2,1-4H3,(H,16,19)(H,17,18). The van der Waals surface area contributed by atoms with Crippen molar-refractivity contribution in [2.24, 2.45) is 0 Å². The predicted molar refractivity (Wildman–Crippen MR) is 77.5 cm³/mol. The third-order valence-electron chi connectivity index (χ3n) is 3.36. The van der Waals surface area contributed by atoms with Crippen molar-refractivity contribution in [2.75, 3.05) is 20.8 Å². The van der Waals surface area contributed by atoms with Crippen LogP contribution < -0.4 is 10.1 Å². The topological polar surface area (TPSA) is 84.9 Å². The highest BCUT2D eigenvalue weighted by Gasteiger charge is 2.33. The second kappa shape index (κ2) is 7.08. The number of carboxylic acids is 1. The largest absolute Gasteiger partial charge is 0.496 e. The minimum absolute atomic E-state index is 0.0940. The van der Waals surface area contributed by atoms with E-state index < -0.39 is 17.5 Å². The fourth-order valence-electron chi connectivity index (χ4n) is 1.96. The van der Waals surface area contributed by atoms with Gasteiger partial charge in [0, 0.05) is 12.7 Å². The van der Waals surface area contributed by atoms with Crippen LogP contribution in [0.25, 0.3) is 0 Å². The molecule has 2 N–H and O–H groups in total. The first-order valence-electron chi connectivity index (χ1n) is 6.52. The van der Waals surface area contributed by atoms with Gasteiger partial charge in [-0.25, -0.2) is 4.79 Å². The lowest BCUT2D eigenvalue weighted by Crippen LogP contribution is -2.45. The van der Waals surface area contributed by atoms with Gasteiger partial charge in [0.25, 0.3) is 0 Å². The monoisotopic (exact) mass is 295 g/mol. The Labute approximate surface area is 124 Å². The van der Waals surface area contributed by atoms with Gasteiger partial charge in [-0.15, -0.1) is 0 Å². The first-order chi connectivity index (χ1) is 9.84. The van der Waals surface area contributed by atoms with Crippen LogP contribution in [0.1, 0.15) is 19.4 Å². The molecule has 0 saturated carbocycles. The Morgan fingerprint density at radius 1 is 1.29 bits per heavy atom. The number of carbonyl (C=O) groups is 2. The quantitative estimate of drug-likeness (QED) is 0.789. The molecular formula is C15H21NO5. The van der Waals surface area contributed by atoms with E-state index >= 15 is 0 Å². The van der Waals surface area contributed by atoms with Crippen LogP contribution in [0.2, 0.25) is 0 Å². The molecule has 6 nitrogen and oxygen atoms in total. The van der Waals surface area contributed by atoms with Gasteiger partial charge in [-0.1, -0.05) is 18.2 Å². The van der Waals surface area contributed by atoms with Gasteiger partial charge in [0.2, 0.25) is 5.91 Å². The van der Waals surface area contributed by atoms with Crippen LogP contribution in [0.5, 0.6) is 5.75 Å². The second-order valence-corrected chi connectivity index (χ2v) is 5.10. The Balaban J connectivity index is 2.87. The van der Waals surface area contributed by atoms with Crippen molar-refractivity contribution in [1.82, 2.24) is 5.32 Å². The summed E-state index contributed by atoms with van der Waals surface area (Å²) >= 11 is 0. The Kier molecular flexibility index (Phi) is 5.72. The maximum atomic E-state index is 12.4. The lowest BCUT2D eigenvalue weighted by molar-refractivity contribution is -0.148. The van der Waals surface area contributed by atoms with Gasteiger partial charge in [0.15, 0.2) is 6.10 Å². The van der Waals surface area contributed by atoms with E-state index in [0.717, 1.165) is 5.56 Å². The summed E-state index contributed by atoms with van der Waals surface area (Å²) in [5, 5.41) is 11.5. The number of amides is 1. The van der Waals surface area contributed by atoms with E-state index in [-0.39, 0.29) is 12.5 Å². The third kappa shape index (κ3) is 3.95. The smallest absolute Gasteiger partial charge is 0.334 e. The maximum absolute atomic E-state index is 12.4. The summed E-state index contributed by atoms with van der Waals surface area (Å²) < 4.78 is 10.1. The molecular weight excluding hydrogens is 274 g/mol. The van der Waals surface area contributed by atoms with Crippen molar-refractivity contribution in [2.45, 2.75) is 25.4 Å². The number of hydrogen-bond donors (Lipinski definition) is 2. The number of carboxylic acid groups (broad SMARTS) is 1. The highest BCUT2D eigenvalue weighted by atomic mass is 16.5. The van der Waals surface area contributed by atoms with Crippen molar-refractivity contribution < 1.29 is 24.2 Å². The molecule has 0 aromatic heterocycles. The molecule has 0 aliphatic heterocycles. The summed E-state index contributed by atoms with van der Waals surface area (Å²) in [6.07, 6.45) is -1.07. The van der Waals surface area contributed by atoms with Gasteiger partial charge >= 0.3 is 5.97 Å². The Morgan fingerprint density at radius 3 is 2.43 bits per heavy atom. The van der Waals surface area contributed by atoms with Crippen LogP contribution in [0.4, 0.5) is 0 Å². The number of hydrogen-bond acceptors (Lipinski definition) is 4. The maximum Gasteiger partial charge on any atom is 0.334 e. The minimum atomic E-state index is -1.12. The normalized spacial score (nSPS) is 12.6. The Hall–Kier alpha value is -2.08. The highest BCUT2D eigenvalue weighted by molar-refractivity contribution is 5.88. The van der Waals surface area contributed by atoms with Crippen LogP contribution >= 0.6 is 0 Å². The van der Waals surface area contributed by atoms with E-state index in [9.17, 15) is 9.59 Å². The van der Waals surface area contributed by atoms with E-state index in [1.165, 1.54) is 14.2 Å². The molecule has 1 amide bonds. The zero-order chi connectivity index (χ0) is 16.0. The lowest BCUT2D eigenvalue weighted by Gasteiger charge is -2.26. The molecule has 1 rings (SSSR count). The number of nitrogens with one attached hydrogen (secondary N) is 1. The van der Waals surface area contributed by atoms with Crippen LogP contribution in [0.15, 0.2) is 24.3 Å². The van der Waals surface area contributed by atoms with Gasteiger partial charge in [0.05, 0.1) is 19.1 Å². The van der Waals surface area contributed by atoms with Crippen molar-refractivity contribution >= 4 is 11.9 Å². The second-order valence-electron chi connectivity index (χ2n) is 5.10. The Bertz CT molecular complexity index is 513. The summed E-state index contributed by atoms with van der Waals surface area (Å²) in [7, 11) is 2.83. The van der Waals surface area contributed by atoms with Crippen LogP contribution in [0.3, 0.4) is 0 Å². The van der Waals surface area contributed by atoms with Crippen molar-refractivity contribution in [3.63, 3.8) is 0 Å². The van der Waals surface area contributed by atoms with Gasteiger partial charge in [-0.2, -0.15) is 0 Å². The fraction of sp³-hybridized carbons (Fsp3) is 0.467. The first kappa shape index (κ1) is 17.0. The van der Waals surface area contributed by atoms with Crippen molar-refractivity contribution in [3.05, 3.63) is 29.8 Å². The molecule has 0 bridgehead atoms. The van der Waals surface area contributed by atoms with Crippen LogP contribution in [-0.4, -0.2) is 43.9 Å². The molecule has 116 valence electrons. The number of para-hydroxylation sites is 1. The SMILES string of the molecule is COc1ccccc1C(C)(C)C(=O)NCC(OC)C(=O)O. The number of carbonyl (C=O) groups excluding carboxylic acids is 1. The van der Waals surface area contributed by atoms with Gasteiger partial charge in [0.1, 0.15) is 5.75 Å². The summed E-state index contributed by atoms with van der Waals surface area (Å²) in [5.74, 6) is -0.803. The fourth-order valence-corrected chi connectivity index (χ4v) is 1.96. The number of methoxy groups -OCH3 is 2. The van der Waals surface area contributed by atoms with Gasteiger partial charge in [-0.05, 0) is 19.9 Å². The average molecular weight is 295 g/mol. The molecule has 0 fully saturated rings. The molecule has 0 aliphatic carbocycles. The van der Waals surface area contributed by atoms with Crippen LogP contribution in [0, 0.1) is 0 Å². The molecule has 0 spiro atoms. The van der Waals surface area contributed by atoms with E-state index in [2.05, 4.69) is 5.32 Å². The van der Waals surface area contributed by atoms with Gasteiger partial charge < -0.3 is 19.9 Å². The van der Waals surface area contributed by atoms with E-state index in [1.807, 2.05) is 18.2 Å². The number of rotatable bonds is 7. The molecule has 0 saturated heterocycles. The molecule has 0 heterocycles. The summed E-state index contributed by atoms with van der Waals surface area (Å²) in [4.78, 5) is 23.2. The third-order valence-corrected chi connectivity index (χ3v) is 3.36. The zero-order valence-corrected chi connectivity index (χ0v) is 12.7. The average Bonchev–Trinajstić information content (AvgIpc) is 2.47. The van der Waals surface area contributed by atoms with Gasteiger partial charge in [-0.3, -0.25) is 4.79 Å². The number of ether oxygens (including phenoxy) is 2. The zero-order valence-electron chi connectivity index (χ0n) is 12.7. The van der Waals surface area contributed by atoms with Crippen LogP contribution in [-0.2, 0) is 19.7 Å². The minimum Gasteiger partial charge on any atom is -0.496 e. The molecule has 6 heteroatoms. The lowest BCUT2D eigenvalue weighted by atomic mass is 9.83. The van der Waals surface area contributed by atoms with E-state index in [4.69, 9.17) is 14.6 Å². The molecule has 0 radical (unpaired) electrons. The summed E-state index contributed by atoms with van der Waals surface area (Å²) in [5.41, 5.74) is -0.127. The van der Waals surface area contributed by atoms with E-state index in [1.54, 1.807) is 19.9 Å². The molecule has 1 unspecified atom stereocenters. The number of aliphatic carboxylic acids is 1. The van der Waals surface area contributed by atoms with Crippen molar-refractivity contribution in [1.29, 1.82) is 0 Å². The first-order valence-corrected chi connectivity index (χ1v) is 6.52. The molecule has 21 heavy (non-hydrogen) atoms. The van der Waals surface area contributed by atoms with Crippen molar-refractivity contribution in [3.8, 4) is 5.75 Å². The van der Waals surface area contributed by atoms with E-state index in [0.29, 0.717) is 5.75 Å². The summed E-state index contributed by atoms with van der Waals surface area (Å²) in [6, 6.07) is 7.23. The Morgan fingerprint density at radius 2 is 1.90 bits per heavy atom.